The fourth-order valence-corrected chi connectivity index (χ4v) is 2.36. The number of rotatable bonds is 7. The van der Waals surface area contributed by atoms with E-state index in [1.165, 1.54) is 0 Å². The molecule has 0 atom stereocenters. The fourth-order valence-electron chi connectivity index (χ4n) is 2.36. The van der Waals surface area contributed by atoms with E-state index in [2.05, 4.69) is 41.3 Å². The average Bonchev–Trinajstić information content (AvgIpc) is 2.41. The first-order valence-electron chi connectivity index (χ1n) is 7.58. The summed E-state index contributed by atoms with van der Waals surface area (Å²) in [5, 5.41) is 5.03. The Hall–Kier alpha value is -0.860. The maximum atomic E-state index is 11.9. The maximum Gasteiger partial charge on any atom is 0.401 e. The van der Waals surface area contributed by atoms with Gasteiger partial charge in [0.2, 0.25) is 5.91 Å². The fraction of sp³-hybridized carbons (Fsp3) is 0.929. The van der Waals surface area contributed by atoms with E-state index in [1.54, 1.807) is 0 Å². The van der Waals surface area contributed by atoms with E-state index in [9.17, 15) is 18.0 Å². The van der Waals surface area contributed by atoms with Gasteiger partial charge in [-0.2, -0.15) is 13.2 Å². The minimum atomic E-state index is -4.24. The lowest BCUT2D eigenvalue weighted by molar-refractivity contribution is -0.127. The van der Waals surface area contributed by atoms with E-state index in [0.717, 1.165) is 26.2 Å². The molecule has 0 spiro atoms. The van der Waals surface area contributed by atoms with Gasteiger partial charge in [0.05, 0.1) is 6.54 Å². The van der Waals surface area contributed by atoms with Crippen LogP contribution in [0.4, 0.5) is 13.2 Å². The molecule has 8 heteroatoms. The molecular weight excluding hydrogens is 297 g/mol. The third-order valence-corrected chi connectivity index (χ3v) is 3.93. The van der Waals surface area contributed by atoms with Gasteiger partial charge in [0.25, 0.3) is 0 Å². The number of nitrogens with zero attached hydrogens (tertiary/aromatic N) is 2. The second-order valence-corrected chi connectivity index (χ2v) is 6.42. The first kappa shape index (κ1) is 19.2. The molecule has 0 aromatic carbocycles. The molecule has 1 aliphatic heterocycles. The molecule has 1 rings (SSSR count). The number of carbonyl (C=O) groups excluding carboxylic acids is 1. The summed E-state index contributed by atoms with van der Waals surface area (Å²) in [5.41, 5.74) is -0.156. The number of hydrogen-bond donors (Lipinski definition) is 2. The van der Waals surface area contributed by atoms with Gasteiger partial charge in [0.15, 0.2) is 0 Å². The number of piperazine rings is 1. The van der Waals surface area contributed by atoms with Crippen LogP contribution in [-0.2, 0) is 4.79 Å². The Morgan fingerprint density at radius 1 is 1.09 bits per heavy atom. The van der Waals surface area contributed by atoms with Crippen molar-refractivity contribution < 1.29 is 18.0 Å². The lowest BCUT2D eigenvalue weighted by atomic mass is 10.0. The van der Waals surface area contributed by atoms with Gasteiger partial charge < -0.3 is 15.5 Å². The van der Waals surface area contributed by atoms with Crippen molar-refractivity contribution in [3.63, 3.8) is 0 Å². The second-order valence-electron chi connectivity index (χ2n) is 6.42. The number of nitrogens with one attached hydrogen (secondary N) is 2. The number of halogens is 3. The standard InChI is InChI=1S/C14H27F3N4O/c1-13(2,21-8-6-20(3)7-9-21)10-19-12(22)4-5-18-11-14(15,16)17/h18H,4-11H2,1-3H3,(H,19,22). The first-order valence-corrected chi connectivity index (χ1v) is 7.58. The summed E-state index contributed by atoms with van der Waals surface area (Å²) in [6, 6.07) is 0. The SMILES string of the molecule is CN1CCN(C(C)(C)CNC(=O)CCNCC(F)(F)F)CC1. The summed E-state index contributed by atoms with van der Waals surface area (Å²) in [6.45, 7) is 7.50. The molecule has 0 saturated carbocycles. The summed E-state index contributed by atoms with van der Waals surface area (Å²) in [6.07, 6.45) is -4.19. The van der Waals surface area contributed by atoms with E-state index in [1.807, 2.05) is 0 Å². The molecule has 0 aromatic heterocycles. The lowest BCUT2D eigenvalue weighted by Gasteiger charge is -2.43. The van der Waals surface area contributed by atoms with Crippen LogP contribution in [0, 0.1) is 0 Å². The number of alkyl halides is 3. The molecule has 22 heavy (non-hydrogen) atoms. The molecule has 1 saturated heterocycles. The van der Waals surface area contributed by atoms with Gasteiger partial charge in [0.1, 0.15) is 0 Å². The monoisotopic (exact) mass is 324 g/mol. The molecule has 2 N–H and O–H groups in total. The van der Waals surface area contributed by atoms with Crippen LogP contribution in [0.5, 0.6) is 0 Å². The predicted molar refractivity (Wildman–Crippen MR) is 79.7 cm³/mol. The molecule has 0 unspecified atom stereocenters. The topological polar surface area (TPSA) is 47.6 Å². The molecular formula is C14H27F3N4O. The van der Waals surface area contributed by atoms with Crippen molar-refractivity contribution in [2.24, 2.45) is 0 Å². The van der Waals surface area contributed by atoms with Crippen molar-refractivity contribution in [1.29, 1.82) is 0 Å². The first-order chi connectivity index (χ1) is 10.1. The van der Waals surface area contributed by atoms with E-state index in [4.69, 9.17) is 0 Å². The molecule has 0 aliphatic carbocycles. The number of amides is 1. The van der Waals surface area contributed by atoms with Crippen molar-refractivity contribution in [2.45, 2.75) is 32.0 Å². The van der Waals surface area contributed by atoms with E-state index < -0.39 is 12.7 Å². The van der Waals surface area contributed by atoms with Gasteiger partial charge in [-0.15, -0.1) is 0 Å². The third-order valence-electron chi connectivity index (χ3n) is 3.93. The number of likely N-dealkylation sites (N-methyl/N-ethyl adjacent to an activating group) is 1. The van der Waals surface area contributed by atoms with Gasteiger partial charge in [-0.25, -0.2) is 0 Å². The third kappa shape index (κ3) is 7.42. The zero-order valence-corrected chi connectivity index (χ0v) is 13.6. The molecule has 0 radical (unpaired) electrons. The summed E-state index contributed by atoms with van der Waals surface area (Å²) in [5.74, 6) is -0.225. The van der Waals surface area contributed by atoms with Crippen LogP contribution >= 0.6 is 0 Å². The highest BCUT2D eigenvalue weighted by atomic mass is 19.4. The molecule has 1 heterocycles. The zero-order valence-electron chi connectivity index (χ0n) is 13.6. The van der Waals surface area contributed by atoms with E-state index >= 15 is 0 Å². The maximum absolute atomic E-state index is 11.9. The molecule has 1 amide bonds. The number of carbonyl (C=O) groups is 1. The Labute approximate surface area is 130 Å². The normalized spacial score (nSPS) is 18.5. The van der Waals surface area contributed by atoms with E-state index in [-0.39, 0.29) is 24.4 Å². The minimum absolute atomic E-state index is 0.0281. The zero-order chi connectivity index (χ0) is 16.8. The van der Waals surface area contributed by atoms with Gasteiger partial charge in [-0.05, 0) is 20.9 Å². The largest absolute Gasteiger partial charge is 0.401 e. The highest BCUT2D eigenvalue weighted by Crippen LogP contribution is 2.15. The van der Waals surface area contributed by atoms with Crippen LogP contribution in [0.2, 0.25) is 0 Å². The van der Waals surface area contributed by atoms with Gasteiger partial charge in [0, 0.05) is 51.2 Å². The lowest BCUT2D eigenvalue weighted by Crippen LogP contribution is -2.57. The van der Waals surface area contributed by atoms with Crippen molar-refractivity contribution in [3.8, 4) is 0 Å². The molecule has 0 bridgehead atoms. The Balaban J connectivity index is 2.22. The van der Waals surface area contributed by atoms with Crippen molar-refractivity contribution in [3.05, 3.63) is 0 Å². The highest BCUT2D eigenvalue weighted by Gasteiger charge is 2.29. The Kier molecular flexibility index (Phi) is 7.08. The van der Waals surface area contributed by atoms with Crippen LogP contribution in [0.3, 0.4) is 0 Å². The summed E-state index contributed by atoms with van der Waals surface area (Å²) < 4.78 is 35.8. The van der Waals surface area contributed by atoms with Crippen LogP contribution in [0.15, 0.2) is 0 Å². The Morgan fingerprint density at radius 2 is 1.68 bits per heavy atom. The highest BCUT2D eigenvalue weighted by molar-refractivity contribution is 5.76. The Bertz CT molecular complexity index is 352. The van der Waals surface area contributed by atoms with Crippen LogP contribution in [0.1, 0.15) is 20.3 Å². The average molecular weight is 324 g/mol. The van der Waals surface area contributed by atoms with Gasteiger partial charge in [-0.3, -0.25) is 9.69 Å². The van der Waals surface area contributed by atoms with Gasteiger partial charge in [-0.1, -0.05) is 0 Å². The van der Waals surface area contributed by atoms with Gasteiger partial charge >= 0.3 is 6.18 Å². The summed E-state index contributed by atoms with van der Waals surface area (Å²) in [7, 11) is 2.08. The van der Waals surface area contributed by atoms with E-state index in [0.29, 0.717) is 6.54 Å². The molecule has 1 fully saturated rings. The smallest absolute Gasteiger partial charge is 0.354 e. The molecule has 130 valence electrons. The number of hydrogen-bond acceptors (Lipinski definition) is 4. The van der Waals surface area contributed by atoms with Crippen LogP contribution in [0.25, 0.3) is 0 Å². The molecule has 1 aliphatic rings. The van der Waals surface area contributed by atoms with Crippen molar-refractivity contribution in [1.82, 2.24) is 20.4 Å². The quantitative estimate of drug-likeness (QED) is 0.676. The Morgan fingerprint density at radius 3 is 2.23 bits per heavy atom. The van der Waals surface area contributed by atoms with Crippen LogP contribution in [-0.4, -0.2) is 80.3 Å². The predicted octanol–water partition coefficient (Wildman–Crippen LogP) is 0.671. The van der Waals surface area contributed by atoms with Crippen molar-refractivity contribution in [2.75, 3.05) is 52.9 Å². The molecule has 0 aromatic rings. The summed E-state index contributed by atoms with van der Waals surface area (Å²) >= 11 is 0. The summed E-state index contributed by atoms with van der Waals surface area (Å²) in [4.78, 5) is 16.3. The minimum Gasteiger partial charge on any atom is -0.354 e. The van der Waals surface area contributed by atoms with Crippen molar-refractivity contribution >= 4 is 5.91 Å². The van der Waals surface area contributed by atoms with Crippen LogP contribution < -0.4 is 10.6 Å². The molecule has 5 nitrogen and oxygen atoms in total. The second kappa shape index (κ2) is 8.12.